The average molecular weight is 277 g/mol. The highest BCUT2D eigenvalue weighted by Crippen LogP contribution is 2.38. The molecule has 0 atom stereocenters. The van der Waals surface area contributed by atoms with Crippen molar-refractivity contribution < 1.29 is 5.11 Å². The van der Waals surface area contributed by atoms with E-state index in [1.54, 1.807) is 13.8 Å². The summed E-state index contributed by atoms with van der Waals surface area (Å²) in [7, 11) is 1.94. The van der Waals surface area contributed by atoms with Gasteiger partial charge in [0, 0.05) is 13.6 Å². The zero-order chi connectivity index (χ0) is 14.0. The van der Waals surface area contributed by atoms with Crippen LogP contribution >= 0.6 is 11.5 Å². The lowest BCUT2D eigenvalue weighted by Crippen LogP contribution is -2.36. The minimum absolute atomic E-state index is 0.522. The van der Waals surface area contributed by atoms with Crippen molar-refractivity contribution in [2.45, 2.75) is 19.4 Å². The Balaban J connectivity index is 2.38. The number of anilines is 2. The largest absolute Gasteiger partial charge is 0.389 e. The van der Waals surface area contributed by atoms with E-state index in [-0.39, 0.29) is 0 Å². The Labute approximate surface area is 117 Å². The predicted octanol–water partition coefficient (Wildman–Crippen LogP) is 2.60. The van der Waals surface area contributed by atoms with E-state index in [9.17, 15) is 5.11 Å². The van der Waals surface area contributed by atoms with Crippen molar-refractivity contribution in [2.75, 3.05) is 24.2 Å². The Hall–Kier alpha value is -1.59. The molecular weight excluding hydrogens is 258 g/mol. The number of benzene rings is 1. The molecule has 2 aromatic rings. The fraction of sp³-hybridized carbons (Fsp3) is 0.357. The number of nitrogen functional groups attached to an aromatic ring is 1. The fourth-order valence-corrected chi connectivity index (χ4v) is 2.88. The summed E-state index contributed by atoms with van der Waals surface area (Å²) in [5.74, 6) is 0.536. The molecule has 1 heterocycles. The highest BCUT2D eigenvalue weighted by atomic mass is 32.1. The molecule has 0 unspecified atom stereocenters. The van der Waals surface area contributed by atoms with Gasteiger partial charge >= 0.3 is 0 Å². The zero-order valence-corrected chi connectivity index (χ0v) is 12.2. The molecular formula is C14H19N3OS. The monoisotopic (exact) mass is 277 g/mol. The van der Waals surface area contributed by atoms with E-state index in [0.29, 0.717) is 12.4 Å². The number of aromatic nitrogens is 1. The van der Waals surface area contributed by atoms with Crippen LogP contribution in [0.1, 0.15) is 13.8 Å². The Bertz CT molecular complexity index is 546. The van der Waals surface area contributed by atoms with Gasteiger partial charge in [-0.15, -0.1) is 0 Å². The highest BCUT2D eigenvalue weighted by Gasteiger charge is 2.21. The van der Waals surface area contributed by atoms with Crippen molar-refractivity contribution in [1.29, 1.82) is 0 Å². The number of hydrogen-bond acceptors (Lipinski definition) is 5. The molecule has 0 amide bonds. The number of rotatable bonds is 4. The van der Waals surface area contributed by atoms with Crippen LogP contribution in [0.5, 0.6) is 0 Å². The van der Waals surface area contributed by atoms with Crippen molar-refractivity contribution >= 4 is 22.4 Å². The molecule has 0 saturated carbocycles. The van der Waals surface area contributed by atoms with Gasteiger partial charge in [-0.05, 0) is 30.9 Å². The third-order valence-corrected chi connectivity index (χ3v) is 3.71. The second-order valence-corrected chi connectivity index (χ2v) is 6.03. The first kappa shape index (κ1) is 13.8. The first-order chi connectivity index (χ1) is 8.88. The topological polar surface area (TPSA) is 62.4 Å². The van der Waals surface area contributed by atoms with Gasteiger partial charge in [0.2, 0.25) is 0 Å². The molecule has 1 aromatic heterocycles. The van der Waals surface area contributed by atoms with Crippen molar-refractivity contribution in [3.8, 4) is 11.1 Å². The second-order valence-electron chi connectivity index (χ2n) is 5.28. The van der Waals surface area contributed by atoms with E-state index < -0.39 is 5.60 Å². The van der Waals surface area contributed by atoms with Gasteiger partial charge in [0.05, 0.1) is 11.2 Å². The number of nitrogens with zero attached hydrogens (tertiary/aromatic N) is 2. The molecule has 1 aromatic carbocycles. The van der Waals surface area contributed by atoms with E-state index in [0.717, 1.165) is 16.1 Å². The molecule has 4 nitrogen and oxygen atoms in total. The van der Waals surface area contributed by atoms with E-state index in [1.807, 2.05) is 42.3 Å². The molecule has 5 heteroatoms. The van der Waals surface area contributed by atoms with Crippen LogP contribution < -0.4 is 10.6 Å². The van der Waals surface area contributed by atoms with Crippen molar-refractivity contribution in [3.63, 3.8) is 0 Å². The van der Waals surface area contributed by atoms with Crippen molar-refractivity contribution in [2.24, 2.45) is 0 Å². The first-order valence-corrected chi connectivity index (χ1v) is 6.90. The van der Waals surface area contributed by atoms with E-state index in [4.69, 9.17) is 5.73 Å². The minimum atomic E-state index is -0.762. The predicted molar refractivity (Wildman–Crippen MR) is 81.5 cm³/mol. The lowest BCUT2D eigenvalue weighted by atomic mass is 10.1. The van der Waals surface area contributed by atoms with Gasteiger partial charge in [0.1, 0.15) is 10.8 Å². The van der Waals surface area contributed by atoms with Crippen molar-refractivity contribution in [3.05, 3.63) is 30.3 Å². The van der Waals surface area contributed by atoms with Gasteiger partial charge in [-0.2, -0.15) is 4.37 Å². The lowest BCUT2D eigenvalue weighted by Gasteiger charge is -2.26. The molecule has 0 saturated heterocycles. The molecule has 0 spiro atoms. The van der Waals surface area contributed by atoms with Gasteiger partial charge in [-0.3, -0.25) is 0 Å². The maximum atomic E-state index is 9.93. The first-order valence-electron chi connectivity index (χ1n) is 6.12. The second kappa shape index (κ2) is 5.19. The Morgan fingerprint density at radius 3 is 2.53 bits per heavy atom. The van der Waals surface area contributed by atoms with Crippen LogP contribution in [-0.2, 0) is 0 Å². The van der Waals surface area contributed by atoms with Crippen LogP contribution in [0.2, 0.25) is 0 Å². The summed E-state index contributed by atoms with van der Waals surface area (Å²) in [5.41, 5.74) is 7.21. The van der Waals surface area contributed by atoms with Gasteiger partial charge < -0.3 is 15.7 Å². The summed E-state index contributed by atoms with van der Waals surface area (Å²) in [6.07, 6.45) is 0. The Kier molecular flexibility index (Phi) is 3.78. The molecule has 102 valence electrons. The van der Waals surface area contributed by atoms with Gasteiger partial charge in [0.25, 0.3) is 0 Å². The van der Waals surface area contributed by atoms with Gasteiger partial charge in [-0.1, -0.05) is 30.3 Å². The molecule has 2 rings (SSSR count). The lowest BCUT2D eigenvalue weighted by molar-refractivity contribution is 0.0888. The van der Waals surface area contributed by atoms with Crippen LogP contribution in [0, 0.1) is 0 Å². The smallest absolute Gasteiger partial charge is 0.147 e. The average Bonchev–Trinajstić information content (AvgIpc) is 2.70. The molecule has 0 fully saturated rings. The van der Waals surface area contributed by atoms with Crippen LogP contribution in [0.25, 0.3) is 11.1 Å². The summed E-state index contributed by atoms with van der Waals surface area (Å²) >= 11 is 1.36. The molecule has 0 radical (unpaired) electrons. The third-order valence-electron chi connectivity index (χ3n) is 2.73. The molecule has 0 aliphatic carbocycles. The molecule has 0 aliphatic heterocycles. The molecule has 3 N–H and O–H groups in total. The maximum Gasteiger partial charge on any atom is 0.147 e. The molecule has 0 aliphatic rings. The standard InChI is InChI=1S/C14H19N3OS/c1-14(2,18)9-17(3)13-11(12(15)16-19-13)10-7-5-4-6-8-10/h4-8,18H,9H2,1-3H3,(H2,15,16). The summed E-state index contributed by atoms with van der Waals surface area (Å²) in [4.78, 5) is 2.00. The number of nitrogens with two attached hydrogens (primary N) is 1. The number of hydrogen-bond donors (Lipinski definition) is 2. The summed E-state index contributed by atoms with van der Waals surface area (Å²) in [6.45, 7) is 4.10. The summed E-state index contributed by atoms with van der Waals surface area (Å²) < 4.78 is 4.24. The minimum Gasteiger partial charge on any atom is -0.389 e. The highest BCUT2D eigenvalue weighted by molar-refractivity contribution is 7.11. The van der Waals surface area contributed by atoms with Crippen LogP contribution in [0.15, 0.2) is 30.3 Å². The SMILES string of the molecule is CN(CC(C)(C)O)c1snc(N)c1-c1ccccc1. The van der Waals surface area contributed by atoms with Crippen LogP contribution in [-0.4, -0.2) is 28.7 Å². The quantitative estimate of drug-likeness (QED) is 0.901. The third kappa shape index (κ3) is 3.24. The fourth-order valence-electron chi connectivity index (χ4n) is 2.08. The number of likely N-dealkylation sites (N-methyl/N-ethyl adjacent to an activating group) is 1. The van der Waals surface area contributed by atoms with Crippen molar-refractivity contribution in [1.82, 2.24) is 4.37 Å². The van der Waals surface area contributed by atoms with E-state index >= 15 is 0 Å². The van der Waals surface area contributed by atoms with E-state index in [1.165, 1.54) is 11.5 Å². The zero-order valence-electron chi connectivity index (χ0n) is 11.4. The van der Waals surface area contributed by atoms with Crippen LogP contribution in [0.4, 0.5) is 10.8 Å². The molecule has 0 bridgehead atoms. The van der Waals surface area contributed by atoms with Crippen LogP contribution in [0.3, 0.4) is 0 Å². The van der Waals surface area contributed by atoms with E-state index in [2.05, 4.69) is 4.37 Å². The normalized spacial score (nSPS) is 11.6. The van der Waals surface area contributed by atoms with Gasteiger partial charge in [-0.25, -0.2) is 0 Å². The maximum absolute atomic E-state index is 9.93. The Morgan fingerprint density at radius 2 is 1.95 bits per heavy atom. The molecule has 19 heavy (non-hydrogen) atoms. The van der Waals surface area contributed by atoms with Gasteiger partial charge in [0.15, 0.2) is 0 Å². The number of aliphatic hydroxyl groups is 1. The summed E-state index contributed by atoms with van der Waals surface area (Å²) in [5, 5.41) is 10.9. The Morgan fingerprint density at radius 1 is 1.32 bits per heavy atom. The summed E-state index contributed by atoms with van der Waals surface area (Å²) in [6, 6.07) is 9.96.